The molecule has 1 heterocycles. The zero-order chi connectivity index (χ0) is 17.6. The van der Waals surface area contributed by atoms with Crippen molar-refractivity contribution < 1.29 is 19.0 Å². The standard InChI is InChI=1S/C19H20O4S2/c1-21-15-8-13(12-20)9-16(11-15)23-18-10-14(4-5-17(18)22-2)19-24-6-3-7-25-19/h4-5,8-12,19H,3,6-7H2,1-2H3. The Morgan fingerprint density at radius 3 is 2.40 bits per heavy atom. The molecular weight excluding hydrogens is 356 g/mol. The van der Waals surface area contributed by atoms with E-state index in [-0.39, 0.29) is 0 Å². The predicted molar refractivity (Wildman–Crippen MR) is 104 cm³/mol. The molecule has 0 amide bonds. The van der Waals surface area contributed by atoms with Crippen molar-refractivity contribution in [3.63, 3.8) is 0 Å². The Morgan fingerprint density at radius 2 is 1.72 bits per heavy atom. The maximum atomic E-state index is 11.1. The topological polar surface area (TPSA) is 44.8 Å². The van der Waals surface area contributed by atoms with Gasteiger partial charge in [0.15, 0.2) is 11.5 Å². The third-order valence-corrected chi connectivity index (χ3v) is 6.80. The Balaban J connectivity index is 1.91. The molecule has 132 valence electrons. The summed E-state index contributed by atoms with van der Waals surface area (Å²) < 4.78 is 17.1. The molecule has 2 aromatic carbocycles. The zero-order valence-corrected chi connectivity index (χ0v) is 15.8. The van der Waals surface area contributed by atoms with E-state index in [9.17, 15) is 4.79 Å². The Hall–Kier alpha value is -1.79. The SMILES string of the molecule is COc1cc(C=O)cc(Oc2cc(C3SCCCS3)ccc2OC)c1. The summed E-state index contributed by atoms with van der Waals surface area (Å²) in [6.07, 6.45) is 2.03. The third-order valence-electron chi connectivity index (χ3n) is 3.79. The Labute approximate surface area is 156 Å². The average molecular weight is 376 g/mol. The van der Waals surface area contributed by atoms with Crippen molar-refractivity contribution in [2.75, 3.05) is 25.7 Å². The molecule has 0 unspecified atom stereocenters. The summed E-state index contributed by atoms with van der Waals surface area (Å²) in [5, 5.41) is 0. The first-order valence-corrected chi connectivity index (χ1v) is 10.1. The summed E-state index contributed by atoms with van der Waals surface area (Å²) in [5.74, 6) is 4.77. The van der Waals surface area contributed by atoms with E-state index in [1.165, 1.54) is 23.5 Å². The summed E-state index contributed by atoms with van der Waals surface area (Å²) in [5.41, 5.74) is 1.71. The maximum Gasteiger partial charge on any atom is 0.169 e. The quantitative estimate of drug-likeness (QED) is 0.648. The first-order valence-electron chi connectivity index (χ1n) is 7.96. The second-order valence-electron chi connectivity index (χ2n) is 5.50. The fourth-order valence-electron chi connectivity index (χ4n) is 2.57. The van der Waals surface area contributed by atoms with Crippen molar-refractivity contribution in [3.8, 4) is 23.0 Å². The van der Waals surface area contributed by atoms with E-state index in [4.69, 9.17) is 14.2 Å². The van der Waals surface area contributed by atoms with Gasteiger partial charge in [-0.3, -0.25) is 4.79 Å². The molecule has 0 aliphatic carbocycles. The lowest BCUT2D eigenvalue weighted by Crippen LogP contribution is -2.01. The molecule has 1 fully saturated rings. The fraction of sp³-hybridized carbons (Fsp3) is 0.316. The van der Waals surface area contributed by atoms with Crippen LogP contribution in [0.1, 0.15) is 26.9 Å². The summed E-state index contributed by atoms with van der Waals surface area (Å²) in [6.45, 7) is 0. The molecule has 0 N–H and O–H groups in total. The van der Waals surface area contributed by atoms with Gasteiger partial charge in [-0.1, -0.05) is 6.07 Å². The number of thioether (sulfide) groups is 2. The second kappa shape index (κ2) is 8.54. The highest BCUT2D eigenvalue weighted by molar-refractivity contribution is 8.16. The molecule has 1 saturated heterocycles. The molecule has 3 rings (SSSR count). The molecule has 25 heavy (non-hydrogen) atoms. The van der Waals surface area contributed by atoms with Crippen LogP contribution in [-0.2, 0) is 0 Å². The summed E-state index contributed by atoms with van der Waals surface area (Å²) in [6, 6.07) is 11.2. The van der Waals surface area contributed by atoms with Crippen LogP contribution in [0.25, 0.3) is 0 Å². The van der Waals surface area contributed by atoms with Crippen LogP contribution in [-0.4, -0.2) is 32.0 Å². The minimum Gasteiger partial charge on any atom is -0.497 e. The number of hydrogen-bond acceptors (Lipinski definition) is 6. The lowest BCUT2D eigenvalue weighted by molar-refractivity contribution is 0.112. The van der Waals surface area contributed by atoms with E-state index < -0.39 is 0 Å². The van der Waals surface area contributed by atoms with Gasteiger partial charge in [0.1, 0.15) is 17.8 Å². The summed E-state index contributed by atoms with van der Waals surface area (Å²) in [4.78, 5) is 11.1. The molecule has 6 heteroatoms. The van der Waals surface area contributed by atoms with Crippen LogP contribution in [0.5, 0.6) is 23.0 Å². The lowest BCUT2D eigenvalue weighted by Gasteiger charge is -2.22. The molecule has 2 aromatic rings. The highest BCUT2D eigenvalue weighted by atomic mass is 32.2. The van der Waals surface area contributed by atoms with Gasteiger partial charge >= 0.3 is 0 Å². The number of ether oxygens (including phenoxy) is 3. The van der Waals surface area contributed by atoms with Crippen LogP contribution in [0, 0.1) is 0 Å². The minimum atomic E-state index is 0.415. The van der Waals surface area contributed by atoms with E-state index in [2.05, 4.69) is 6.07 Å². The first kappa shape index (κ1) is 18.0. The molecular formula is C19H20O4S2. The number of carbonyl (C=O) groups excluding carboxylic acids is 1. The predicted octanol–water partition coefficient (Wildman–Crippen LogP) is 5.18. The minimum absolute atomic E-state index is 0.415. The van der Waals surface area contributed by atoms with Gasteiger partial charge in [-0.2, -0.15) is 0 Å². The number of benzene rings is 2. The molecule has 0 bridgehead atoms. The van der Waals surface area contributed by atoms with E-state index in [0.717, 1.165) is 6.29 Å². The van der Waals surface area contributed by atoms with Crippen LogP contribution in [0.3, 0.4) is 0 Å². The number of aldehydes is 1. The normalized spacial score (nSPS) is 14.8. The maximum absolute atomic E-state index is 11.1. The van der Waals surface area contributed by atoms with Gasteiger partial charge in [-0.15, -0.1) is 23.5 Å². The number of methoxy groups -OCH3 is 2. The van der Waals surface area contributed by atoms with Gasteiger partial charge in [0.2, 0.25) is 0 Å². The highest BCUT2D eigenvalue weighted by Gasteiger charge is 2.19. The highest BCUT2D eigenvalue weighted by Crippen LogP contribution is 2.46. The Kier molecular flexibility index (Phi) is 6.15. The molecule has 4 nitrogen and oxygen atoms in total. The molecule has 0 spiro atoms. The van der Waals surface area contributed by atoms with E-state index in [1.807, 2.05) is 35.7 Å². The largest absolute Gasteiger partial charge is 0.497 e. The second-order valence-corrected chi connectivity index (χ2v) is 8.22. The fourth-order valence-corrected chi connectivity index (χ4v) is 5.44. The molecule has 0 aromatic heterocycles. The Bertz CT molecular complexity index is 742. The Morgan fingerprint density at radius 1 is 0.960 bits per heavy atom. The van der Waals surface area contributed by atoms with Gasteiger partial charge in [0.25, 0.3) is 0 Å². The van der Waals surface area contributed by atoms with Crippen molar-refractivity contribution in [2.24, 2.45) is 0 Å². The van der Waals surface area contributed by atoms with E-state index in [1.54, 1.807) is 32.4 Å². The molecule has 0 radical (unpaired) electrons. The van der Waals surface area contributed by atoms with Crippen LogP contribution in [0.15, 0.2) is 36.4 Å². The van der Waals surface area contributed by atoms with Crippen LogP contribution < -0.4 is 14.2 Å². The van der Waals surface area contributed by atoms with Gasteiger partial charge in [-0.05, 0) is 47.8 Å². The number of hydrogen-bond donors (Lipinski definition) is 0. The monoisotopic (exact) mass is 376 g/mol. The molecule has 0 atom stereocenters. The third kappa shape index (κ3) is 4.44. The summed E-state index contributed by atoms with van der Waals surface area (Å²) in [7, 11) is 3.18. The van der Waals surface area contributed by atoms with Gasteiger partial charge in [-0.25, -0.2) is 0 Å². The van der Waals surface area contributed by atoms with Gasteiger partial charge in [0.05, 0.1) is 18.8 Å². The van der Waals surface area contributed by atoms with Crippen molar-refractivity contribution >= 4 is 29.8 Å². The van der Waals surface area contributed by atoms with Crippen molar-refractivity contribution in [2.45, 2.75) is 11.0 Å². The van der Waals surface area contributed by atoms with Crippen molar-refractivity contribution in [3.05, 3.63) is 47.5 Å². The smallest absolute Gasteiger partial charge is 0.169 e. The molecule has 1 aliphatic rings. The van der Waals surface area contributed by atoms with Crippen LogP contribution in [0.4, 0.5) is 0 Å². The average Bonchev–Trinajstić information content (AvgIpc) is 2.68. The number of carbonyl (C=O) groups is 1. The summed E-state index contributed by atoms with van der Waals surface area (Å²) >= 11 is 3.91. The first-order chi connectivity index (χ1) is 12.2. The molecule has 1 aliphatic heterocycles. The van der Waals surface area contributed by atoms with Crippen molar-refractivity contribution in [1.82, 2.24) is 0 Å². The van der Waals surface area contributed by atoms with E-state index >= 15 is 0 Å². The number of rotatable bonds is 6. The van der Waals surface area contributed by atoms with Crippen LogP contribution in [0.2, 0.25) is 0 Å². The van der Waals surface area contributed by atoms with Gasteiger partial charge in [0, 0.05) is 11.6 Å². The molecule has 0 saturated carbocycles. The lowest BCUT2D eigenvalue weighted by atomic mass is 10.2. The van der Waals surface area contributed by atoms with E-state index in [0.29, 0.717) is 33.1 Å². The van der Waals surface area contributed by atoms with Gasteiger partial charge < -0.3 is 14.2 Å². The van der Waals surface area contributed by atoms with Crippen molar-refractivity contribution in [1.29, 1.82) is 0 Å². The zero-order valence-electron chi connectivity index (χ0n) is 14.2. The van der Waals surface area contributed by atoms with Crippen LogP contribution >= 0.6 is 23.5 Å².